The number of benzene rings is 1. The molecule has 0 spiro atoms. The summed E-state index contributed by atoms with van der Waals surface area (Å²) in [5, 5.41) is 3.55. The van der Waals surface area contributed by atoms with Crippen LogP contribution in [0, 0.1) is 5.41 Å². The highest BCUT2D eigenvalue weighted by Gasteiger charge is 2.23. The van der Waals surface area contributed by atoms with Crippen LogP contribution in [-0.4, -0.2) is 19.1 Å². The Hall–Kier alpha value is -1.35. The van der Waals surface area contributed by atoms with Crippen molar-refractivity contribution < 1.29 is 9.53 Å². The summed E-state index contributed by atoms with van der Waals surface area (Å²) in [6, 6.07) is 10.6. The molecule has 0 amide bonds. The average molecular weight is 277 g/mol. The van der Waals surface area contributed by atoms with Gasteiger partial charge in [-0.2, -0.15) is 0 Å². The van der Waals surface area contributed by atoms with Crippen LogP contribution in [0.5, 0.6) is 0 Å². The molecule has 1 aromatic carbocycles. The lowest BCUT2D eigenvalue weighted by Gasteiger charge is -2.29. The van der Waals surface area contributed by atoms with Gasteiger partial charge in [0.1, 0.15) is 0 Å². The lowest BCUT2D eigenvalue weighted by molar-refractivity contribution is -0.141. The zero-order valence-corrected chi connectivity index (χ0v) is 13.3. The van der Waals surface area contributed by atoms with Crippen molar-refractivity contribution in [2.45, 2.75) is 52.6 Å². The first kappa shape index (κ1) is 16.7. The Kier molecular flexibility index (Phi) is 6.21. The summed E-state index contributed by atoms with van der Waals surface area (Å²) in [5.74, 6) is -0.160. The van der Waals surface area contributed by atoms with Crippen molar-refractivity contribution in [3.63, 3.8) is 0 Å². The van der Waals surface area contributed by atoms with Crippen LogP contribution in [0.15, 0.2) is 30.3 Å². The van der Waals surface area contributed by atoms with Gasteiger partial charge in [0.05, 0.1) is 13.5 Å². The third kappa shape index (κ3) is 6.20. The Balaban J connectivity index is 2.70. The normalized spacial score (nSPS) is 14.7. The van der Waals surface area contributed by atoms with Crippen LogP contribution in [0.1, 0.15) is 52.1 Å². The maximum absolute atomic E-state index is 11.6. The number of esters is 1. The number of rotatable bonds is 6. The standard InChI is InChI=1S/C17H27NO2/c1-13(14-9-7-6-8-10-14)18-15(11-16(19)20-5)12-17(2,3)4/h6-10,13,15,18H,11-12H2,1-5H3. The third-order valence-corrected chi connectivity index (χ3v) is 3.28. The second kappa shape index (κ2) is 7.44. The van der Waals surface area contributed by atoms with Crippen LogP contribution in [0.4, 0.5) is 0 Å². The minimum atomic E-state index is -0.160. The van der Waals surface area contributed by atoms with Crippen molar-refractivity contribution in [1.29, 1.82) is 0 Å². The molecule has 0 aliphatic heterocycles. The summed E-state index contributed by atoms with van der Waals surface area (Å²) in [6.07, 6.45) is 1.34. The van der Waals surface area contributed by atoms with Gasteiger partial charge in [-0.05, 0) is 24.3 Å². The van der Waals surface area contributed by atoms with E-state index < -0.39 is 0 Å². The summed E-state index contributed by atoms with van der Waals surface area (Å²) in [5.41, 5.74) is 1.40. The number of nitrogens with one attached hydrogen (secondary N) is 1. The number of hydrogen-bond acceptors (Lipinski definition) is 3. The molecule has 0 aliphatic rings. The van der Waals surface area contributed by atoms with Crippen molar-refractivity contribution in [2.24, 2.45) is 5.41 Å². The van der Waals surface area contributed by atoms with Gasteiger partial charge in [-0.3, -0.25) is 4.79 Å². The minimum absolute atomic E-state index is 0.123. The first-order chi connectivity index (χ1) is 9.31. The lowest BCUT2D eigenvalue weighted by Crippen LogP contribution is -2.36. The molecule has 2 unspecified atom stereocenters. The van der Waals surface area contributed by atoms with E-state index in [0.29, 0.717) is 6.42 Å². The highest BCUT2D eigenvalue weighted by Crippen LogP contribution is 2.24. The molecule has 2 atom stereocenters. The molecule has 0 fully saturated rings. The summed E-state index contributed by atoms with van der Waals surface area (Å²) < 4.78 is 4.80. The second-order valence-electron chi connectivity index (χ2n) is 6.54. The summed E-state index contributed by atoms with van der Waals surface area (Å²) >= 11 is 0. The number of hydrogen-bond donors (Lipinski definition) is 1. The Labute approximate surface area is 122 Å². The molecule has 112 valence electrons. The SMILES string of the molecule is COC(=O)CC(CC(C)(C)C)NC(C)c1ccccc1. The van der Waals surface area contributed by atoms with Crippen LogP contribution >= 0.6 is 0 Å². The molecular formula is C17H27NO2. The molecule has 1 N–H and O–H groups in total. The van der Waals surface area contributed by atoms with Crippen molar-refractivity contribution in [3.05, 3.63) is 35.9 Å². The molecule has 3 heteroatoms. The van der Waals surface area contributed by atoms with Gasteiger partial charge in [0, 0.05) is 12.1 Å². The topological polar surface area (TPSA) is 38.3 Å². The van der Waals surface area contributed by atoms with Gasteiger partial charge in [-0.1, -0.05) is 51.1 Å². The molecule has 0 bridgehead atoms. The van der Waals surface area contributed by atoms with Gasteiger partial charge in [0.25, 0.3) is 0 Å². The van der Waals surface area contributed by atoms with Crippen LogP contribution in [-0.2, 0) is 9.53 Å². The first-order valence-corrected chi connectivity index (χ1v) is 7.19. The quantitative estimate of drug-likeness (QED) is 0.806. The van der Waals surface area contributed by atoms with Crippen LogP contribution < -0.4 is 5.32 Å². The number of methoxy groups -OCH3 is 1. The van der Waals surface area contributed by atoms with E-state index in [2.05, 4.69) is 45.1 Å². The highest BCUT2D eigenvalue weighted by molar-refractivity contribution is 5.69. The predicted molar refractivity (Wildman–Crippen MR) is 82.5 cm³/mol. The minimum Gasteiger partial charge on any atom is -0.469 e. The maximum atomic E-state index is 11.6. The zero-order chi connectivity index (χ0) is 15.2. The van der Waals surface area contributed by atoms with Gasteiger partial charge in [0.2, 0.25) is 0 Å². The fourth-order valence-electron chi connectivity index (χ4n) is 2.41. The fraction of sp³-hybridized carbons (Fsp3) is 0.588. The van der Waals surface area contributed by atoms with E-state index in [4.69, 9.17) is 4.74 Å². The molecule has 0 saturated carbocycles. The Morgan fingerprint density at radius 3 is 2.35 bits per heavy atom. The second-order valence-corrected chi connectivity index (χ2v) is 6.54. The van der Waals surface area contributed by atoms with E-state index in [1.165, 1.54) is 12.7 Å². The molecular weight excluding hydrogens is 250 g/mol. The van der Waals surface area contributed by atoms with Crippen molar-refractivity contribution in [1.82, 2.24) is 5.32 Å². The molecule has 0 saturated heterocycles. The monoisotopic (exact) mass is 277 g/mol. The van der Waals surface area contributed by atoms with E-state index in [0.717, 1.165) is 6.42 Å². The van der Waals surface area contributed by atoms with E-state index >= 15 is 0 Å². The van der Waals surface area contributed by atoms with Crippen LogP contribution in [0.25, 0.3) is 0 Å². The Bertz CT molecular complexity index is 409. The molecule has 1 aromatic rings. The lowest BCUT2D eigenvalue weighted by atomic mass is 9.86. The number of ether oxygens (including phenoxy) is 1. The molecule has 20 heavy (non-hydrogen) atoms. The van der Waals surface area contributed by atoms with Gasteiger partial charge in [0.15, 0.2) is 0 Å². The van der Waals surface area contributed by atoms with E-state index in [-0.39, 0.29) is 23.5 Å². The van der Waals surface area contributed by atoms with E-state index in [1.54, 1.807) is 0 Å². The van der Waals surface area contributed by atoms with Crippen molar-refractivity contribution in [2.75, 3.05) is 7.11 Å². The summed E-state index contributed by atoms with van der Waals surface area (Å²) in [6.45, 7) is 8.69. The largest absolute Gasteiger partial charge is 0.469 e. The molecule has 0 aliphatic carbocycles. The molecule has 3 nitrogen and oxygen atoms in total. The van der Waals surface area contributed by atoms with Gasteiger partial charge < -0.3 is 10.1 Å². The molecule has 1 rings (SSSR count). The van der Waals surface area contributed by atoms with E-state index in [1.807, 2.05) is 18.2 Å². The Morgan fingerprint density at radius 2 is 1.85 bits per heavy atom. The molecule has 0 aromatic heterocycles. The third-order valence-electron chi connectivity index (χ3n) is 3.28. The maximum Gasteiger partial charge on any atom is 0.307 e. The van der Waals surface area contributed by atoms with Crippen LogP contribution in [0.3, 0.4) is 0 Å². The smallest absolute Gasteiger partial charge is 0.307 e. The highest BCUT2D eigenvalue weighted by atomic mass is 16.5. The summed E-state index contributed by atoms with van der Waals surface area (Å²) in [7, 11) is 1.44. The number of carbonyl (C=O) groups is 1. The van der Waals surface area contributed by atoms with Gasteiger partial charge in [-0.15, -0.1) is 0 Å². The average Bonchev–Trinajstić information content (AvgIpc) is 2.37. The van der Waals surface area contributed by atoms with Crippen molar-refractivity contribution >= 4 is 5.97 Å². The predicted octanol–water partition coefficient (Wildman–Crippen LogP) is 3.71. The van der Waals surface area contributed by atoms with E-state index in [9.17, 15) is 4.79 Å². The van der Waals surface area contributed by atoms with Gasteiger partial charge in [-0.25, -0.2) is 0 Å². The first-order valence-electron chi connectivity index (χ1n) is 7.19. The van der Waals surface area contributed by atoms with Crippen molar-refractivity contribution in [3.8, 4) is 0 Å². The molecule has 0 heterocycles. The zero-order valence-electron chi connectivity index (χ0n) is 13.3. The molecule has 0 radical (unpaired) electrons. The van der Waals surface area contributed by atoms with Gasteiger partial charge >= 0.3 is 5.97 Å². The fourth-order valence-corrected chi connectivity index (χ4v) is 2.41. The Morgan fingerprint density at radius 1 is 1.25 bits per heavy atom. The summed E-state index contributed by atoms with van der Waals surface area (Å²) in [4.78, 5) is 11.6. The number of carbonyl (C=O) groups excluding carboxylic acids is 1. The van der Waals surface area contributed by atoms with Crippen LogP contribution in [0.2, 0.25) is 0 Å².